The van der Waals surface area contributed by atoms with Crippen LogP contribution in [-0.2, 0) is 11.2 Å². The zero-order valence-corrected chi connectivity index (χ0v) is 23.5. The Balaban J connectivity index is 0.000000312. The molecule has 3 aromatic carbocycles. The number of anilines is 1. The summed E-state index contributed by atoms with van der Waals surface area (Å²) in [6, 6.07) is 13.6. The van der Waals surface area contributed by atoms with Crippen molar-refractivity contribution in [2.45, 2.75) is 33.2 Å². The number of aryl methyl sites for hydroxylation is 2. The fraction of sp³-hybridized carbons (Fsp3) is 0.188. The molecule has 2 amide bonds. The third-order valence-corrected chi connectivity index (χ3v) is 6.53. The quantitative estimate of drug-likeness (QED) is 0.136. The third kappa shape index (κ3) is 8.03. The maximum atomic E-state index is 13.8. The van der Waals surface area contributed by atoms with E-state index in [9.17, 15) is 22.8 Å². The summed E-state index contributed by atoms with van der Waals surface area (Å²) >= 11 is 0. The minimum Gasteiger partial charge on any atom is -0.385 e. The number of amides is 2. The topological polar surface area (TPSA) is 121 Å². The Labute approximate surface area is 242 Å². The van der Waals surface area contributed by atoms with Crippen LogP contribution < -0.4 is 16.4 Å². The largest absolute Gasteiger partial charge is 0.385 e. The molecule has 1 aromatic heterocycles. The molecule has 218 valence electrons. The highest BCUT2D eigenvalue weighted by Crippen LogP contribution is 2.30. The molecule has 4 rings (SSSR count). The number of carbonyl (C=O) groups is 2. The van der Waals surface area contributed by atoms with E-state index >= 15 is 0 Å². The Morgan fingerprint density at radius 1 is 1.02 bits per heavy atom. The maximum Gasteiger partial charge on any atom is 0.251 e. The van der Waals surface area contributed by atoms with Crippen molar-refractivity contribution in [3.8, 4) is 11.1 Å². The van der Waals surface area contributed by atoms with Gasteiger partial charge in [0.1, 0.15) is 17.5 Å². The summed E-state index contributed by atoms with van der Waals surface area (Å²) in [5, 5.41) is 13.1. The van der Waals surface area contributed by atoms with Crippen molar-refractivity contribution in [3.05, 3.63) is 118 Å². The molecule has 1 atom stereocenters. The van der Waals surface area contributed by atoms with E-state index in [1.807, 2.05) is 6.07 Å². The molecule has 0 saturated heterocycles. The highest BCUT2D eigenvalue weighted by atomic mass is 19.1. The molecule has 0 bridgehead atoms. The van der Waals surface area contributed by atoms with Crippen LogP contribution >= 0.6 is 0 Å². The number of hydrogen-bond donors (Lipinski definition) is 4. The van der Waals surface area contributed by atoms with Gasteiger partial charge in [-0.3, -0.25) is 14.6 Å². The number of pyridine rings is 1. The van der Waals surface area contributed by atoms with Crippen LogP contribution in [0.25, 0.3) is 11.1 Å². The molecule has 0 spiro atoms. The number of nitrogens with two attached hydrogens (primary N) is 1. The zero-order chi connectivity index (χ0) is 30.8. The van der Waals surface area contributed by atoms with Crippen molar-refractivity contribution in [2.75, 3.05) is 11.9 Å². The molecule has 5 N–H and O–H groups in total. The van der Waals surface area contributed by atoms with Crippen molar-refractivity contribution in [1.29, 1.82) is 5.41 Å². The second-order valence-electron chi connectivity index (χ2n) is 9.51. The van der Waals surface area contributed by atoms with Gasteiger partial charge in [0.05, 0.1) is 17.3 Å². The first-order valence-corrected chi connectivity index (χ1v) is 13.1. The van der Waals surface area contributed by atoms with Gasteiger partial charge in [0.25, 0.3) is 5.91 Å². The Morgan fingerprint density at radius 2 is 1.71 bits per heavy atom. The number of aromatic nitrogens is 1. The molecule has 1 unspecified atom stereocenters. The van der Waals surface area contributed by atoms with Gasteiger partial charge in [-0.1, -0.05) is 12.1 Å². The highest BCUT2D eigenvalue weighted by Gasteiger charge is 2.20. The fourth-order valence-electron chi connectivity index (χ4n) is 4.40. The molecule has 0 saturated carbocycles. The lowest BCUT2D eigenvalue weighted by Gasteiger charge is -2.19. The summed E-state index contributed by atoms with van der Waals surface area (Å²) in [5.74, 6) is -3.16. The first-order chi connectivity index (χ1) is 20.1. The Hall–Kier alpha value is -4.99. The standard InChI is InChI=1S/C21H16F3N3O2.C11H16N2/c22-14-6-12(7-15(23)10-14)8-19(27-11-28)20-16(2-1-5-26-20)13-3-4-18(24)17(9-13)21(25)29;1-4-13-11-6-9(3)8(2)5-10(11)7-12/h1-7,9-11,19H,8H2,(H2,25,29)(H,27,28);5-7,12-13H,4H2,1-3H3. The van der Waals surface area contributed by atoms with Crippen LogP contribution in [0.5, 0.6) is 0 Å². The average molecular weight is 576 g/mol. The van der Waals surface area contributed by atoms with E-state index in [4.69, 9.17) is 11.1 Å². The number of halogens is 3. The predicted octanol–water partition coefficient (Wildman–Crippen LogP) is 6.03. The summed E-state index contributed by atoms with van der Waals surface area (Å²) in [5.41, 5.74) is 11.1. The number of benzene rings is 3. The molecule has 7 nitrogen and oxygen atoms in total. The van der Waals surface area contributed by atoms with Crippen molar-refractivity contribution in [2.24, 2.45) is 5.73 Å². The lowest BCUT2D eigenvalue weighted by atomic mass is 9.94. The SMILES string of the molecule is CCNc1cc(C)c(C)cc1C=N.NC(=O)c1cc(-c2cccnc2C(Cc2cc(F)cc(F)c2)NC=O)ccc1F. The van der Waals surface area contributed by atoms with Crippen LogP contribution in [0.15, 0.2) is 66.9 Å². The number of rotatable bonds is 10. The number of nitrogens with zero attached hydrogens (tertiary/aromatic N) is 1. The van der Waals surface area contributed by atoms with Gasteiger partial charge >= 0.3 is 0 Å². The molecule has 42 heavy (non-hydrogen) atoms. The summed E-state index contributed by atoms with van der Waals surface area (Å²) in [6.07, 6.45) is 3.40. The van der Waals surface area contributed by atoms with Gasteiger partial charge in [-0.2, -0.15) is 0 Å². The van der Waals surface area contributed by atoms with Gasteiger partial charge in [-0.15, -0.1) is 0 Å². The summed E-state index contributed by atoms with van der Waals surface area (Å²) in [4.78, 5) is 26.9. The normalized spacial score (nSPS) is 11.1. The minimum absolute atomic E-state index is 0.0568. The molecule has 0 aliphatic rings. The number of hydrogen-bond acceptors (Lipinski definition) is 5. The molecule has 4 aromatic rings. The van der Waals surface area contributed by atoms with Crippen LogP contribution in [0.3, 0.4) is 0 Å². The Bertz CT molecular complexity index is 1570. The maximum absolute atomic E-state index is 13.8. The van der Waals surface area contributed by atoms with Crippen molar-refractivity contribution in [3.63, 3.8) is 0 Å². The van der Waals surface area contributed by atoms with Crippen LogP contribution in [-0.4, -0.2) is 30.1 Å². The van der Waals surface area contributed by atoms with Crippen molar-refractivity contribution < 1.29 is 22.8 Å². The van der Waals surface area contributed by atoms with Crippen LogP contribution in [0.1, 0.15) is 51.3 Å². The molecule has 0 fully saturated rings. The lowest BCUT2D eigenvalue weighted by molar-refractivity contribution is -0.110. The van der Waals surface area contributed by atoms with E-state index in [1.165, 1.54) is 35.7 Å². The van der Waals surface area contributed by atoms with Crippen LogP contribution in [0.2, 0.25) is 0 Å². The van der Waals surface area contributed by atoms with Gasteiger partial charge in [0.15, 0.2) is 0 Å². The monoisotopic (exact) mass is 575 g/mol. The second kappa shape index (κ2) is 14.6. The first-order valence-electron chi connectivity index (χ1n) is 13.1. The number of nitrogens with one attached hydrogen (secondary N) is 3. The summed E-state index contributed by atoms with van der Waals surface area (Å²) in [7, 11) is 0. The molecular weight excluding hydrogens is 543 g/mol. The molecule has 10 heteroatoms. The molecular formula is C32H32F3N5O2. The molecule has 1 heterocycles. The summed E-state index contributed by atoms with van der Waals surface area (Å²) < 4.78 is 40.9. The van der Waals surface area contributed by atoms with Crippen molar-refractivity contribution >= 4 is 24.2 Å². The number of primary amides is 1. The van der Waals surface area contributed by atoms with Gasteiger partial charge in [-0.25, -0.2) is 13.2 Å². The van der Waals surface area contributed by atoms with E-state index in [0.717, 1.165) is 42.1 Å². The zero-order valence-electron chi connectivity index (χ0n) is 23.5. The Kier molecular flexibility index (Phi) is 11.0. The smallest absolute Gasteiger partial charge is 0.251 e. The number of carbonyl (C=O) groups excluding carboxylic acids is 2. The Morgan fingerprint density at radius 3 is 2.33 bits per heavy atom. The first kappa shape index (κ1) is 31.5. The van der Waals surface area contributed by atoms with E-state index < -0.39 is 29.4 Å². The van der Waals surface area contributed by atoms with E-state index in [0.29, 0.717) is 28.8 Å². The lowest BCUT2D eigenvalue weighted by Crippen LogP contribution is -2.23. The third-order valence-electron chi connectivity index (χ3n) is 6.53. The molecule has 0 radical (unpaired) electrons. The average Bonchev–Trinajstić information content (AvgIpc) is 2.95. The molecule has 0 aliphatic heterocycles. The van der Waals surface area contributed by atoms with Gasteiger partial charge in [0, 0.05) is 41.8 Å². The van der Waals surface area contributed by atoms with E-state index in [2.05, 4.69) is 42.5 Å². The minimum atomic E-state index is -0.924. The summed E-state index contributed by atoms with van der Waals surface area (Å²) in [6.45, 7) is 7.11. The van der Waals surface area contributed by atoms with Gasteiger partial charge in [0.2, 0.25) is 6.41 Å². The van der Waals surface area contributed by atoms with E-state index in [-0.39, 0.29) is 12.0 Å². The van der Waals surface area contributed by atoms with Crippen molar-refractivity contribution in [1.82, 2.24) is 10.3 Å². The fourth-order valence-corrected chi connectivity index (χ4v) is 4.40. The highest BCUT2D eigenvalue weighted by molar-refractivity contribution is 5.94. The predicted molar refractivity (Wildman–Crippen MR) is 158 cm³/mol. The van der Waals surface area contributed by atoms with Crippen LogP contribution in [0, 0.1) is 36.7 Å². The molecule has 0 aliphatic carbocycles. The second-order valence-corrected chi connectivity index (χ2v) is 9.51. The van der Waals surface area contributed by atoms with E-state index in [1.54, 1.807) is 12.1 Å². The van der Waals surface area contributed by atoms with Crippen LogP contribution in [0.4, 0.5) is 18.9 Å². The van der Waals surface area contributed by atoms with Gasteiger partial charge in [-0.05, 0) is 91.9 Å². The van der Waals surface area contributed by atoms with Gasteiger partial charge < -0.3 is 21.8 Å².